The van der Waals surface area contributed by atoms with E-state index in [9.17, 15) is 18.0 Å². The topological polar surface area (TPSA) is 114 Å². The van der Waals surface area contributed by atoms with E-state index in [4.69, 9.17) is 9.52 Å². The summed E-state index contributed by atoms with van der Waals surface area (Å²) >= 11 is 0. The van der Waals surface area contributed by atoms with E-state index >= 15 is 0 Å². The number of aliphatic carboxylic acids is 1. The molecule has 1 aromatic carbocycles. The summed E-state index contributed by atoms with van der Waals surface area (Å²) in [6.45, 7) is 0.119. The average molecular weight is 351 g/mol. The number of benzene rings is 1. The van der Waals surface area contributed by atoms with Gasteiger partial charge in [0.15, 0.2) is 11.5 Å². The number of carbonyl (C=O) groups excluding carboxylic acids is 1. The number of hydrogen-bond acceptors (Lipinski definition) is 5. The van der Waals surface area contributed by atoms with E-state index in [0.717, 1.165) is 0 Å². The molecule has 0 amide bonds. The molecule has 0 saturated carbocycles. The Morgan fingerprint density at radius 2 is 1.75 bits per heavy atom. The van der Waals surface area contributed by atoms with E-state index in [1.54, 1.807) is 24.3 Å². The summed E-state index contributed by atoms with van der Waals surface area (Å²) in [5.74, 6) is -0.916. The normalized spacial score (nSPS) is 11.3. The van der Waals surface area contributed by atoms with E-state index < -0.39 is 21.8 Å². The van der Waals surface area contributed by atoms with Crippen LogP contribution in [0.4, 0.5) is 0 Å². The highest BCUT2D eigenvalue weighted by atomic mass is 32.2. The van der Waals surface area contributed by atoms with Crippen LogP contribution < -0.4 is 4.72 Å². The number of hydrogen-bond donors (Lipinski definition) is 2. The lowest BCUT2D eigenvalue weighted by molar-refractivity contribution is -0.136. The van der Waals surface area contributed by atoms with Crippen molar-refractivity contribution in [2.75, 3.05) is 6.54 Å². The maximum Gasteiger partial charge on any atom is 0.303 e. The summed E-state index contributed by atoms with van der Waals surface area (Å²) in [7, 11) is -3.58. The number of rotatable bonds is 9. The molecule has 2 aromatic rings. The molecule has 1 aromatic heterocycles. The van der Waals surface area contributed by atoms with Crippen molar-refractivity contribution < 1.29 is 27.5 Å². The molecule has 0 aliphatic heterocycles. The van der Waals surface area contributed by atoms with E-state index in [-0.39, 0.29) is 36.5 Å². The molecular weight excluding hydrogens is 334 g/mol. The number of carboxylic acids is 1. The highest BCUT2D eigenvalue weighted by Gasteiger charge is 2.15. The zero-order chi connectivity index (χ0) is 17.6. The third-order valence-electron chi connectivity index (χ3n) is 3.22. The lowest BCUT2D eigenvalue weighted by Crippen LogP contribution is -2.25. The van der Waals surface area contributed by atoms with E-state index in [1.807, 2.05) is 0 Å². The summed E-state index contributed by atoms with van der Waals surface area (Å²) < 4.78 is 31.8. The lowest BCUT2D eigenvalue weighted by atomic mass is 10.2. The Kier molecular flexibility index (Phi) is 5.88. The van der Waals surface area contributed by atoms with E-state index in [1.165, 1.54) is 18.2 Å². The Hall–Kier alpha value is -2.45. The maximum atomic E-state index is 12.0. The van der Waals surface area contributed by atoms with Crippen molar-refractivity contribution in [1.29, 1.82) is 0 Å². The molecule has 0 saturated heterocycles. The molecule has 8 heteroatoms. The van der Waals surface area contributed by atoms with Gasteiger partial charge in [0.05, 0.1) is 11.3 Å². The Bertz CT molecular complexity index is 810. The smallest absolute Gasteiger partial charge is 0.303 e. The molecule has 2 rings (SSSR count). The molecule has 2 N–H and O–H groups in total. The number of carbonyl (C=O) groups is 2. The van der Waals surface area contributed by atoms with Crippen LogP contribution in [0.5, 0.6) is 0 Å². The molecule has 0 fully saturated rings. The molecule has 0 aliphatic rings. The first-order chi connectivity index (χ1) is 11.4. The van der Waals surface area contributed by atoms with Crippen molar-refractivity contribution in [3.8, 4) is 0 Å². The molecular formula is C16H17NO6S. The summed E-state index contributed by atoms with van der Waals surface area (Å²) in [6, 6.07) is 11.0. The van der Waals surface area contributed by atoms with Crippen LogP contribution in [0.1, 0.15) is 29.2 Å². The van der Waals surface area contributed by atoms with Crippen molar-refractivity contribution >= 4 is 21.8 Å². The fraction of sp³-hybridized carbons (Fsp3) is 0.250. The first-order valence-electron chi connectivity index (χ1n) is 7.27. The molecule has 0 aliphatic carbocycles. The minimum absolute atomic E-state index is 0.0807. The third-order valence-corrected chi connectivity index (χ3v) is 4.70. The van der Waals surface area contributed by atoms with Crippen LogP contribution in [0, 0.1) is 0 Å². The Morgan fingerprint density at radius 3 is 2.42 bits per heavy atom. The Labute approximate surface area is 139 Å². The molecule has 24 heavy (non-hydrogen) atoms. The monoisotopic (exact) mass is 351 g/mol. The minimum Gasteiger partial charge on any atom is -0.481 e. The van der Waals surface area contributed by atoms with Gasteiger partial charge in [-0.25, -0.2) is 13.1 Å². The molecule has 0 unspecified atom stereocenters. The number of nitrogens with one attached hydrogen (secondary N) is 1. The fourth-order valence-corrected chi connectivity index (χ4v) is 3.05. The van der Waals surface area contributed by atoms with Gasteiger partial charge in [0, 0.05) is 19.4 Å². The Balaban J connectivity index is 1.87. The highest BCUT2D eigenvalue weighted by Crippen LogP contribution is 2.12. The summed E-state index contributed by atoms with van der Waals surface area (Å²) in [4.78, 5) is 22.3. The van der Waals surface area contributed by atoms with Crippen molar-refractivity contribution in [2.24, 2.45) is 0 Å². The highest BCUT2D eigenvalue weighted by molar-refractivity contribution is 7.89. The minimum atomic E-state index is -3.58. The molecule has 0 radical (unpaired) electrons. The van der Waals surface area contributed by atoms with Gasteiger partial charge in [0.25, 0.3) is 0 Å². The van der Waals surface area contributed by atoms with Crippen LogP contribution >= 0.6 is 0 Å². The molecule has 1 heterocycles. The second-order valence-corrected chi connectivity index (χ2v) is 6.81. The van der Waals surface area contributed by atoms with Gasteiger partial charge >= 0.3 is 5.97 Å². The number of carboxylic acid groups (broad SMARTS) is 1. The Morgan fingerprint density at radius 1 is 1.04 bits per heavy atom. The predicted molar refractivity (Wildman–Crippen MR) is 85.2 cm³/mol. The number of ketones is 1. The van der Waals surface area contributed by atoms with E-state index in [2.05, 4.69) is 4.72 Å². The lowest BCUT2D eigenvalue weighted by Gasteiger charge is -2.05. The first kappa shape index (κ1) is 17.9. The molecule has 0 spiro atoms. The zero-order valence-electron chi connectivity index (χ0n) is 12.8. The van der Waals surface area contributed by atoms with Crippen LogP contribution in [0.15, 0.2) is 51.8 Å². The second-order valence-electron chi connectivity index (χ2n) is 5.04. The van der Waals surface area contributed by atoms with E-state index in [0.29, 0.717) is 5.76 Å². The van der Waals surface area contributed by atoms with Gasteiger partial charge in [-0.05, 0) is 24.3 Å². The maximum absolute atomic E-state index is 12.0. The largest absolute Gasteiger partial charge is 0.481 e. The predicted octanol–water partition coefficient (Wildman–Crippen LogP) is 1.85. The van der Waals surface area contributed by atoms with Crippen LogP contribution in [0.2, 0.25) is 0 Å². The van der Waals surface area contributed by atoms with Gasteiger partial charge in [-0.15, -0.1) is 0 Å². The van der Waals surface area contributed by atoms with Gasteiger partial charge in [0.2, 0.25) is 10.0 Å². The first-order valence-corrected chi connectivity index (χ1v) is 8.75. The van der Waals surface area contributed by atoms with Crippen molar-refractivity contribution in [3.63, 3.8) is 0 Å². The fourth-order valence-electron chi connectivity index (χ4n) is 2.00. The summed E-state index contributed by atoms with van der Waals surface area (Å²) in [5.41, 5.74) is 0. The number of Topliss-reactive ketones (excluding diaryl/α,β-unsaturated/α-hetero) is 1. The number of sulfonamides is 1. The van der Waals surface area contributed by atoms with Gasteiger partial charge < -0.3 is 9.52 Å². The molecule has 0 atom stereocenters. The molecule has 128 valence electrons. The van der Waals surface area contributed by atoms with Gasteiger partial charge in [-0.3, -0.25) is 9.59 Å². The average Bonchev–Trinajstić information content (AvgIpc) is 3.02. The van der Waals surface area contributed by atoms with Crippen LogP contribution in [-0.4, -0.2) is 31.8 Å². The van der Waals surface area contributed by atoms with Crippen LogP contribution in [0.25, 0.3) is 0 Å². The SMILES string of the molecule is O=C(O)CCC(=O)c1ccc(CCNS(=O)(=O)c2ccccc2)o1. The molecule has 0 bridgehead atoms. The van der Waals surface area contributed by atoms with Gasteiger partial charge in [-0.1, -0.05) is 18.2 Å². The standard InChI is InChI=1S/C16H17NO6S/c18-14(7-9-16(19)20)15-8-6-12(23-15)10-11-17-24(21,22)13-4-2-1-3-5-13/h1-6,8,17H,7,9-11H2,(H,19,20). The second kappa shape index (κ2) is 7.89. The van der Waals surface area contributed by atoms with Crippen LogP contribution in [-0.2, 0) is 21.2 Å². The molecule has 7 nitrogen and oxygen atoms in total. The number of furan rings is 1. The summed E-state index contributed by atoms with van der Waals surface area (Å²) in [6.07, 6.45) is -0.118. The van der Waals surface area contributed by atoms with Crippen molar-refractivity contribution in [2.45, 2.75) is 24.2 Å². The van der Waals surface area contributed by atoms with Crippen molar-refractivity contribution in [1.82, 2.24) is 4.72 Å². The van der Waals surface area contributed by atoms with Gasteiger partial charge in [-0.2, -0.15) is 0 Å². The van der Waals surface area contributed by atoms with Gasteiger partial charge in [0.1, 0.15) is 5.76 Å². The quantitative estimate of drug-likeness (QED) is 0.667. The third kappa shape index (κ3) is 5.04. The van der Waals surface area contributed by atoms with Crippen LogP contribution in [0.3, 0.4) is 0 Å². The van der Waals surface area contributed by atoms with Crippen molar-refractivity contribution in [3.05, 3.63) is 54.0 Å². The zero-order valence-corrected chi connectivity index (χ0v) is 13.6. The summed E-state index contributed by atoms with van der Waals surface area (Å²) in [5, 5.41) is 8.55.